The molecule has 2 aliphatic rings. The quantitative estimate of drug-likeness (QED) is 0.412. The molecule has 11 nitrogen and oxygen atoms in total. The minimum absolute atomic E-state index is 0.336. The van der Waals surface area contributed by atoms with E-state index in [2.05, 4.69) is 46.8 Å². The SMILES string of the molecule is N#Cc1cc(CNCC2CCN(c3nccc(/C=C4\SC(=O)NC4=O)n3)CC2)cnc1-c1cn[nH]c1. The van der Waals surface area contributed by atoms with Crippen molar-refractivity contribution in [2.24, 2.45) is 5.92 Å². The lowest BCUT2D eigenvalue weighted by molar-refractivity contribution is -0.115. The zero-order chi connectivity index (χ0) is 24.9. The van der Waals surface area contributed by atoms with Crippen molar-refractivity contribution in [2.45, 2.75) is 19.4 Å². The Bertz CT molecular complexity index is 1340. The number of hydrogen-bond acceptors (Lipinski definition) is 10. The van der Waals surface area contributed by atoms with E-state index in [1.165, 1.54) is 0 Å². The number of nitrogens with one attached hydrogen (secondary N) is 3. The highest BCUT2D eigenvalue weighted by Gasteiger charge is 2.25. The van der Waals surface area contributed by atoms with Gasteiger partial charge in [-0.1, -0.05) is 0 Å². The van der Waals surface area contributed by atoms with Crippen molar-refractivity contribution in [3.05, 3.63) is 58.6 Å². The second-order valence-corrected chi connectivity index (χ2v) is 9.55. The number of rotatable bonds is 7. The minimum atomic E-state index is -0.396. The van der Waals surface area contributed by atoms with Crippen molar-refractivity contribution in [1.29, 1.82) is 5.26 Å². The number of aromatic nitrogens is 5. The molecule has 0 spiro atoms. The average molecular weight is 502 g/mol. The van der Waals surface area contributed by atoms with E-state index < -0.39 is 5.91 Å². The summed E-state index contributed by atoms with van der Waals surface area (Å²) in [4.78, 5) is 39.1. The van der Waals surface area contributed by atoms with Crippen molar-refractivity contribution in [2.75, 3.05) is 24.5 Å². The Kier molecular flexibility index (Phi) is 7.01. The third-order valence-corrected chi connectivity index (χ3v) is 6.89. The smallest absolute Gasteiger partial charge is 0.290 e. The van der Waals surface area contributed by atoms with Gasteiger partial charge < -0.3 is 10.2 Å². The molecule has 0 bridgehead atoms. The highest BCUT2D eigenvalue weighted by Crippen LogP contribution is 2.26. The molecule has 0 aliphatic carbocycles. The molecule has 2 aliphatic heterocycles. The largest absolute Gasteiger partial charge is 0.341 e. The number of amides is 2. The molecule has 12 heteroatoms. The highest BCUT2D eigenvalue weighted by atomic mass is 32.2. The van der Waals surface area contributed by atoms with E-state index in [0.29, 0.717) is 40.3 Å². The fraction of sp³-hybridized carbons (Fsp3) is 0.292. The molecule has 3 aromatic rings. The molecule has 3 aromatic heterocycles. The summed E-state index contributed by atoms with van der Waals surface area (Å²) in [5.41, 5.74) is 3.51. The van der Waals surface area contributed by atoms with Crippen molar-refractivity contribution in [1.82, 2.24) is 35.8 Å². The van der Waals surface area contributed by atoms with E-state index in [1.807, 2.05) is 6.07 Å². The molecule has 0 saturated carbocycles. The second kappa shape index (κ2) is 10.7. The lowest BCUT2D eigenvalue weighted by atomic mass is 9.97. The number of thioether (sulfide) groups is 1. The summed E-state index contributed by atoms with van der Waals surface area (Å²) in [6, 6.07) is 5.81. The van der Waals surface area contributed by atoms with E-state index >= 15 is 0 Å². The molecule has 0 radical (unpaired) electrons. The maximum atomic E-state index is 11.8. The zero-order valence-electron chi connectivity index (χ0n) is 19.3. The molecule has 2 saturated heterocycles. The molecule has 2 amide bonds. The number of anilines is 1. The summed E-state index contributed by atoms with van der Waals surface area (Å²) < 4.78 is 0. The number of pyridine rings is 1. The van der Waals surface area contributed by atoms with E-state index in [9.17, 15) is 14.9 Å². The van der Waals surface area contributed by atoms with Gasteiger partial charge in [0.1, 0.15) is 6.07 Å². The second-order valence-electron chi connectivity index (χ2n) is 8.53. The summed E-state index contributed by atoms with van der Waals surface area (Å²) in [5.74, 6) is 0.745. The van der Waals surface area contributed by atoms with Gasteiger partial charge in [0.25, 0.3) is 11.1 Å². The number of H-pyrrole nitrogens is 1. The molecule has 182 valence electrons. The molecule has 36 heavy (non-hydrogen) atoms. The van der Waals surface area contributed by atoms with Crippen molar-refractivity contribution < 1.29 is 9.59 Å². The van der Waals surface area contributed by atoms with Crippen LogP contribution in [0.3, 0.4) is 0 Å². The Hall–Kier alpha value is -4.08. The Morgan fingerprint density at radius 2 is 2.11 bits per heavy atom. The van der Waals surface area contributed by atoms with Crippen LogP contribution in [-0.2, 0) is 11.3 Å². The van der Waals surface area contributed by atoms with Gasteiger partial charge in [-0.2, -0.15) is 10.4 Å². The van der Waals surface area contributed by atoms with Crippen LogP contribution in [0.2, 0.25) is 0 Å². The first-order valence-corrected chi connectivity index (χ1v) is 12.3. The summed E-state index contributed by atoms with van der Waals surface area (Å²) >= 11 is 0.875. The molecular formula is C24H23N9O2S. The van der Waals surface area contributed by atoms with E-state index in [4.69, 9.17) is 0 Å². The number of aromatic amines is 1. The van der Waals surface area contributed by atoms with Crippen LogP contribution < -0.4 is 15.5 Å². The Morgan fingerprint density at radius 3 is 2.83 bits per heavy atom. The monoisotopic (exact) mass is 501 g/mol. The van der Waals surface area contributed by atoms with Gasteiger partial charge >= 0.3 is 0 Å². The Labute approximate surface area is 211 Å². The van der Waals surface area contributed by atoms with Gasteiger partial charge in [-0.15, -0.1) is 0 Å². The van der Waals surface area contributed by atoms with Crippen LogP contribution in [0.4, 0.5) is 10.7 Å². The fourth-order valence-corrected chi connectivity index (χ4v) is 4.87. The molecule has 0 unspecified atom stereocenters. The van der Waals surface area contributed by atoms with Crippen LogP contribution in [-0.4, -0.2) is 55.9 Å². The number of carbonyl (C=O) groups is 2. The first kappa shape index (κ1) is 23.7. The van der Waals surface area contributed by atoms with Crippen LogP contribution >= 0.6 is 11.8 Å². The predicted molar refractivity (Wildman–Crippen MR) is 134 cm³/mol. The van der Waals surface area contributed by atoms with Gasteiger partial charge in [0.2, 0.25) is 5.95 Å². The Morgan fingerprint density at radius 1 is 1.25 bits per heavy atom. The molecule has 0 atom stereocenters. The summed E-state index contributed by atoms with van der Waals surface area (Å²) in [6.07, 6.45) is 10.4. The summed E-state index contributed by atoms with van der Waals surface area (Å²) in [6.45, 7) is 3.17. The van der Waals surface area contributed by atoms with Crippen LogP contribution in [0.5, 0.6) is 0 Å². The number of nitriles is 1. The standard InChI is InChI=1S/C24H23N9O2S/c25-9-17-7-16(12-28-21(17)18-13-29-30-14-18)11-26-10-15-2-5-33(6-3-15)23-27-4-1-19(31-23)8-20-22(34)32-24(35)36-20/h1,4,7-8,12-15,26H,2-3,5-6,10-11H2,(H,29,30)(H,32,34,35)/b20-8-. The average Bonchev–Trinajstić information content (AvgIpc) is 3.54. The molecule has 5 rings (SSSR count). The van der Waals surface area contributed by atoms with Gasteiger partial charge in [-0.05, 0) is 60.8 Å². The summed E-state index contributed by atoms with van der Waals surface area (Å²) in [5, 5.41) is 21.6. The summed E-state index contributed by atoms with van der Waals surface area (Å²) in [7, 11) is 0. The van der Waals surface area contributed by atoms with Crippen LogP contribution in [0.25, 0.3) is 17.3 Å². The highest BCUT2D eigenvalue weighted by molar-refractivity contribution is 8.18. The van der Waals surface area contributed by atoms with Gasteiger partial charge in [0.15, 0.2) is 0 Å². The number of hydrogen-bond donors (Lipinski definition) is 3. The van der Waals surface area contributed by atoms with Gasteiger partial charge in [0.05, 0.1) is 28.1 Å². The van der Waals surface area contributed by atoms with Crippen LogP contribution in [0.1, 0.15) is 29.7 Å². The van der Waals surface area contributed by atoms with Gasteiger partial charge in [-0.3, -0.25) is 25.0 Å². The topological polar surface area (TPSA) is 153 Å². The predicted octanol–water partition coefficient (Wildman–Crippen LogP) is 2.46. The number of imide groups is 1. The first-order valence-electron chi connectivity index (χ1n) is 11.5. The maximum Gasteiger partial charge on any atom is 0.290 e. The number of piperidine rings is 1. The third-order valence-electron chi connectivity index (χ3n) is 6.08. The lowest BCUT2D eigenvalue weighted by Gasteiger charge is -2.32. The number of nitrogens with zero attached hydrogens (tertiary/aromatic N) is 6. The molecule has 5 heterocycles. The normalized spacial score (nSPS) is 17.4. The Balaban J connectivity index is 1.12. The molecule has 0 aromatic carbocycles. The lowest BCUT2D eigenvalue weighted by Crippen LogP contribution is -2.38. The van der Waals surface area contributed by atoms with Gasteiger partial charge in [-0.25, -0.2) is 9.97 Å². The van der Waals surface area contributed by atoms with Gasteiger partial charge in [0, 0.05) is 43.8 Å². The molecule has 2 fully saturated rings. The molecule has 3 N–H and O–H groups in total. The number of carbonyl (C=O) groups excluding carboxylic acids is 2. The first-order chi connectivity index (χ1) is 17.6. The minimum Gasteiger partial charge on any atom is -0.341 e. The van der Waals surface area contributed by atoms with E-state index in [1.54, 1.807) is 36.9 Å². The molecular weight excluding hydrogens is 478 g/mol. The van der Waals surface area contributed by atoms with Crippen molar-refractivity contribution in [3.63, 3.8) is 0 Å². The van der Waals surface area contributed by atoms with E-state index in [-0.39, 0.29) is 5.24 Å². The maximum absolute atomic E-state index is 11.8. The van der Waals surface area contributed by atoms with Crippen molar-refractivity contribution in [3.8, 4) is 17.3 Å². The van der Waals surface area contributed by atoms with E-state index in [0.717, 1.165) is 55.4 Å². The van der Waals surface area contributed by atoms with Crippen molar-refractivity contribution >= 4 is 34.9 Å². The van der Waals surface area contributed by atoms with Crippen LogP contribution in [0, 0.1) is 17.2 Å². The third kappa shape index (κ3) is 5.42. The fourth-order valence-electron chi connectivity index (χ4n) is 4.21. The zero-order valence-corrected chi connectivity index (χ0v) is 20.1. The van der Waals surface area contributed by atoms with Crippen LogP contribution in [0.15, 0.2) is 41.8 Å².